The maximum Gasteiger partial charge on any atom is 0.240 e. The number of benzene rings is 1. The molecular weight excluding hydrogens is 546 g/mol. The van der Waals surface area contributed by atoms with Gasteiger partial charge in [0.1, 0.15) is 6.04 Å². The van der Waals surface area contributed by atoms with E-state index in [0.717, 1.165) is 5.39 Å². The second-order valence-electron chi connectivity index (χ2n) is 10.3. The number of amides is 3. The van der Waals surface area contributed by atoms with Gasteiger partial charge in [-0.2, -0.15) is 0 Å². The minimum absolute atomic E-state index is 0.0564. The van der Waals surface area contributed by atoms with Crippen LogP contribution in [0.3, 0.4) is 0 Å². The van der Waals surface area contributed by atoms with Gasteiger partial charge in [-0.25, -0.2) is 0 Å². The number of pyridine rings is 1. The zero-order chi connectivity index (χ0) is 30.5. The van der Waals surface area contributed by atoms with Crippen molar-refractivity contribution < 1.29 is 24.0 Å². The lowest BCUT2D eigenvalue weighted by Crippen LogP contribution is -2.47. The summed E-state index contributed by atoms with van der Waals surface area (Å²) in [6.45, 7) is 3.74. The molecule has 0 aliphatic heterocycles. The third-order valence-electron chi connectivity index (χ3n) is 6.29. The summed E-state index contributed by atoms with van der Waals surface area (Å²) in [7, 11) is 0. The fourth-order valence-corrected chi connectivity index (χ4v) is 4.54. The SMILES string of the molecule is CC(C)C[C@H](NC(=O)[C@H](CCCN=C(N)N)CC(=O)CNC(=O)CCC(=O)c1cc(S)c2ncccc2c1)C(N)=O. The maximum atomic E-state index is 13.0. The van der Waals surface area contributed by atoms with Gasteiger partial charge in [-0.05, 0) is 43.4 Å². The predicted octanol–water partition coefficient (Wildman–Crippen LogP) is 1.25. The van der Waals surface area contributed by atoms with Crippen molar-refractivity contribution in [1.29, 1.82) is 0 Å². The third-order valence-corrected chi connectivity index (χ3v) is 6.63. The molecule has 2 atom stereocenters. The number of guanidine groups is 1. The number of aromatic nitrogens is 1. The van der Waals surface area contributed by atoms with Gasteiger partial charge in [-0.1, -0.05) is 19.9 Å². The number of aliphatic imine (C=N–C) groups is 1. The Morgan fingerprint density at radius 3 is 2.46 bits per heavy atom. The first-order valence-corrected chi connectivity index (χ1v) is 13.9. The average Bonchev–Trinajstić information content (AvgIpc) is 2.91. The molecule has 0 spiro atoms. The Morgan fingerprint density at radius 1 is 1.07 bits per heavy atom. The fourth-order valence-electron chi connectivity index (χ4n) is 4.22. The monoisotopic (exact) mass is 585 g/mol. The molecule has 0 saturated carbocycles. The molecule has 3 amide bonds. The highest BCUT2D eigenvalue weighted by Gasteiger charge is 2.26. The van der Waals surface area contributed by atoms with Crippen LogP contribution >= 0.6 is 12.6 Å². The van der Waals surface area contributed by atoms with Crippen LogP contribution in [0.4, 0.5) is 0 Å². The van der Waals surface area contributed by atoms with Crippen molar-refractivity contribution in [3.8, 4) is 0 Å². The number of nitrogens with one attached hydrogen (secondary N) is 2. The quantitative estimate of drug-likeness (QED) is 0.0521. The van der Waals surface area contributed by atoms with Crippen LogP contribution in [0.2, 0.25) is 0 Å². The molecular formula is C28H39N7O5S. The summed E-state index contributed by atoms with van der Waals surface area (Å²) in [5, 5.41) is 5.93. The number of carbonyl (C=O) groups excluding carboxylic acids is 5. The van der Waals surface area contributed by atoms with Gasteiger partial charge in [0, 0.05) is 53.8 Å². The molecule has 1 heterocycles. The normalized spacial score (nSPS) is 12.4. The highest BCUT2D eigenvalue weighted by molar-refractivity contribution is 7.80. The number of rotatable bonds is 17. The lowest BCUT2D eigenvalue weighted by atomic mass is 9.94. The van der Waals surface area contributed by atoms with Crippen LogP contribution in [-0.4, -0.2) is 59.4 Å². The summed E-state index contributed by atoms with van der Waals surface area (Å²) < 4.78 is 0. The standard InChI is InChI=1S/C28H39N7O5S/c1-16(2)11-21(26(29)39)35-27(40)18(6-4-10-33-28(30)31)13-20(36)15-34-24(38)8-7-22(37)19-12-17-5-3-9-32-25(17)23(41)14-19/h3,5,9,12,14,16,18,21,41H,4,6-8,10-11,13,15H2,1-2H3,(H2,29,39)(H,34,38)(H,35,40)(H4,30,31,33)/t18-,21+/m1/s1. The van der Waals surface area contributed by atoms with Crippen molar-refractivity contribution >= 4 is 58.8 Å². The topological polar surface area (TPSA) is 213 Å². The van der Waals surface area contributed by atoms with Gasteiger partial charge in [0.2, 0.25) is 17.7 Å². The maximum absolute atomic E-state index is 13.0. The smallest absolute Gasteiger partial charge is 0.240 e. The highest BCUT2D eigenvalue weighted by Crippen LogP contribution is 2.23. The highest BCUT2D eigenvalue weighted by atomic mass is 32.1. The van der Waals surface area contributed by atoms with Crippen LogP contribution in [-0.2, 0) is 19.2 Å². The molecule has 0 aliphatic rings. The van der Waals surface area contributed by atoms with E-state index in [1.165, 1.54) is 0 Å². The van der Waals surface area contributed by atoms with Crippen molar-refractivity contribution in [2.45, 2.75) is 63.3 Å². The van der Waals surface area contributed by atoms with E-state index in [1.54, 1.807) is 24.4 Å². The molecule has 0 radical (unpaired) electrons. The number of fused-ring (bicyclic) bond motifs is 1. The molecule has 41 heavy (non-hydrogen) atoms. The fraction of sp³-hybridized carbons (Fsp3) is 0.464. The van der Waals surface area contributed by atoms with Gasteiger partial charge in [-0.15, -0.1) is 12.6 Å². The van der Waals surface area contributed by atoms with E-state index >= 15 is 0 Å². The van der Waals surface area contributed by atoms with Gasteiger partial charge in [-0.3, -0.25) is 33.9 Å². The van der Waals surface area contributed by atoms with E-state index in [9.17, 15) is 24.0 Å². The number of carbonyl (C=O) groups is 5. The molecule has 13 heteroatoms. The van der Waals surface area contributed by atoms with Crippen LogP contribution in [0.5, 0.6) is 0 Å². The van der Waals surface area contributed by atoms with Gasteiger partial charge in [0.25, 0.3) is 0 Å². The van der Waals surface area contributed by atoms with Crippen LogP contribution in [0.1, 0.15) is 62.7 Å². The minimum atomic E-state index is -0.868. The van der Waals surface area contributed by atoms with Crippen LogP contribution in [0.25, 0.3) is 10.9 Å². The summed E-state index contributed by atoms with van der Waals surface area (Å²) in [6, 6.07) is 6.03. The Hall–Kier alpha value is -4.00. The molecule has 12 nitrogen and oxygen atoms in total. The van der Waals surface area contributed by atoms with E-state index in [2.05, 4.69) is 33.2 Å². The lowest BCUT2D eigenvalue weighted by molar-refractivity contribution is -0.132. The van der Waals surface area contributed by atoms with E-state index < -0.39 is 29.7 Å². The Kier molecular flexibility index (Phi) is 13.2. The second-order valence-corrected chi connectivity index (χ2v) is 10.7. The first kappa shape index (κ1) is 33.2. The molecule has 0 fully saturated rings. The largest absolute Gasteiger partial charge is 0.370 e. The summed E-state index contributed by atoms with van der Waals surface area (Å²) in [6.07, 6.45) is 2.35. The van der Waals surface area contributed by atoms with E-state index in [-0.39, 0.29) is 62.2 Å². The van der Waals surface area contributed by atoms with Gasteiger partial charge < -0.3 is 27.8 Å². The zero-order valence-electron chi connectivity index (χ0n) is 23.4. The van der Waals surface area contributed by atoms with Crippen molar-refractivity contribution in [1.82, 2.24) is 15.6 Å². The molecule has 1 aromatic carbocycles. The van der Waals surface area contributed by atoms with Crippen LogP contribution in [0, 0.1) is 11.8 Å². The Balaban J connectivity index is 1.92. The molecule has 2 rings (SSSR count). The molecule has 0 bridgehead atoms. The van der Waals surface area contributed by atoms with E-state index in [0.29, 0.717) is 28.8 Å². The summed E-state index contributed by atoms with van der Waals surface area (Å²) in [5.41, 5.74) is 17.2. The number of thiol groups is 1. The van der Waals surface area contributed by atoms with Crippen molar-refractivity contribution in [3.05, 3.63) is 36.0 Å². The number of hydrogen-bond donors (Lipinski definition) is 6. The molecule has 222 valence electrons. The molecule has 2 aromatic rings. The van der Waals surface area contributed by atoms with Gasteiger partial charge >= 0.3 is 0 Å². The Morgan fingerprint density at radius 2 is 1.80 bits per heavy atom. The van der Waals surface area contributed by atoms with Crippen LogP contribution < -0.4 is 27.8 Å². The van der Waals surface area contributed by atoms with Crippen molar-refractivity contribution in [2.24, 2.45) is 34.0 Å². The Bertz CT molecular complexity index is 1290. The average molecular weight is 586 g/mol. The minimum Gasteiger partial charge on any atom is -0.370 e. The zero-order valence-corrected chi connectivity index (χ0v) is 24.3. The molecule has 0 saturated heterocycles. The lowest BCUT2D eigenvalue weighted by Gasteiger charge is -2.22. The molecule has 8 N–H and O–H groups in total. The number of primary amides is 1. The number of ketones is 2. The number of nitrogens with zero attached hydrogens (tertiary/aromatic N) is 2. The first-order chi connectivity index (χ1) is 19.4. The predicted molar refractivity (Wildman–Crippen MR) is 159 cm³/mol. The molecule has 1 aromatic heterocycles. The van der Waals surface area contributed by atoms with E-state index in [4.69, 9.17) is 17.2 Å². The summed E-state index contributed by atoms with van der Waals surface area (Å²) >= 11 is 4.40. The molecule has 0 unspecified atom stereocenters. The van der Waals surface area contributed by atoms with Crippen LogP contribution in [0.15, 0.2) is 40.4 Å². The molecule has 0 aliphatic carbocycles. The van der Waals surface area contributed by atoms with Crippen molar-refractivity contribution in [3.63, 3.8) is 0 Å². The Labute approximate surface area is 244 Å². The second kappa shape index (κ2) is 16.3. The van der Waals surface area contributed by atoms with Gasteiger partial charge in [0.15, 0.2) is 17.5 Å². The van der Waals surface area contributed by atoms with Crippen molar-refractivity contribution in [2.75, 3.05) is 13.1 Å². The number of nitrogens with two attached hydrogens (primary N) is 3. The number of Topliss-reactive ketones (excluding diaryl/α,β-unsaturated/α-hetero) is 2. The van der Waals surface area contributed by atoms with E-state index in [1.807, 2.05) is 19.9 Å². The number of hydrogen-bond acceptors (Lipinski definition) is 8. The first-order valence-electron chi connectivity index (χ1n) is 13.4. The summed E-state index contributed by atoms with van der Waals surface area (Å²) in [4.78, 5) is 71.2. The van der Waals surface area contributed by atoms with Gasteiger partial charge in [0.05, 0.1) is 12.1 Å². The summed E-state index contributed by atoms with van der Waals surface area (Å²) in [5.74, 6) is -3.00. The third kappa shape index (κ3) is 11.6.